The number of ketones is 1. The molecule has 29 heavy (non-hydrogen) atoms. The zero-order valence-corrected chi connectivity index (χ0v) is 16.2. The van der Waals surface area contributed by atoms with E-state index < -0.39 is 12.1 Å². The maximum Gasteiger partial charge on any atom is 0.338 e. The number of fused-ring (bicyclic) bond motifs is 1. The summed E-state index contributed by atoms with van der Waals surface area (Å²) >= 11 is 0. The van der Waals surface area contributed by atoms with Crippen molar-refractivity contribution in [3.05, 3.63) is 71.4 Å². The van der Waals surface area contributed by atoms with E-state index in [2.05, 4.69) is 4.98 Å². The number of esters is 1. The summed E-state index contributed by atoms with van der Waals surface area (Å²) in [5, 5.41) is 0.807. The first-order valence-electron chi connectivity index (χ1n) is 9.71. The van der Waals surface area contributed by atoms with Crippen molar-refractivity contribution in [3.8, 4) is 0 Å². The van der Waals surface area contributed by atoms with Crippen LogP contribution in [0, 0.1) is 0 Å². The van der Waals surface area contributed by atoms with E-state index in [1.165, 1.54) is 0 Å². The van der Waals surface area contributed by atoms with Crippen LogP contribution < -0.4 is 0 Å². The van der Waals surface area contributed by atoms with Crippen molar-refractivity contribution in [2.45, 2.75) is 32.4 Å². The van der Waals surface area contributed by atoms with Crippen molar-refractivity contribution in [3.63, 3.8) is 0 Å². The van der Waals surface area contributed by atoms with Gasteiger partial charge in [-0.25, -0.2) is 4.79 Å². The molecule has 1 aliphatic rings. The van der Waals surface area contributed by atoms with Gasteiger partial charge in [0.2, 0.25) is 11.7 Å². The molecule has 0 spiro atoms. The number of benzene rings is 2. The lowest BCUT2D eigenvalue weighted by Gasteiger charge is -2.16. The number of H-pyrrole nitrogens is 1. The average Bonchev–Trinajstić information content (AvgIpc) is 3.34. The number of ether oxygens (including phenoxy) is 1. The van der Waals surface area contributed by atoms with Crippen LogP contribution >= 0.6 is 0 Å². The number of Topliss-reactive ketones (excluding diaryl/α,β-unsaturated/α-hetero) is 1. The molecular weight excluding hydrogens is 368 g/mol. The van der Waals surface area contributed by atoms with Gasteiger partial charge in [0.05, 0.1) is 5.56 Å². The molecule has 1 aromatic heterocycles. The number of hydrogen-bond acceptors (Lipinski definition) is 4. The van der Waals surface area contributed by atoms with Crippen LogP contribution in [0.4, 0.5) is 0 Å². The zero-order chi connectivity index (χ0) is 20.4. The lowest BCUT2D eigenvalue weighted by molar-refractivity contribution is -0.128. The molecule has 0 aliphatic carbocycles. The van der Waals surface area contributed by atoms with Crippen molar-refractivity contribution >= 4 is 28.6 Å². The molecule has 1 unspecified atom stereocenters. The molecule has 1 aliphatic heterocycles. The van der Waals surface area contributed by atoms with Gasteiger partial charge in [-0.3, -0.25) is 9.59 Å². The number of likely N-dealkylation sites (tertiary alicyclic amines) is 1. The standard InChI is InChI=1S/C23H22N2O4/c1-15(22(27)19-13-24-20-6-3-2-5-18(19)20)29-23(28)17-10-8-16(9-11-17)14-25-12-4-7-21(25)26/h2-3,5-6,8-11,13,15,24H,4,7,12,14H2,1H3. The first-order chi connectivity index (χ1) is 14.0. The van der Waals surface area contributed by atoms with Gasteiger partial charge >= 0.3 is 5.97 Å². The van der Waals surface area contributed by atoms with Gasteiger partial charge in [0.25, 0.3) is 0 Å². The first kappa shape index (κ1) is 18.9. The number of aromatic amines is 1. The second-order valence-electron chi connectivity index (χ2n) is 7.28. The topological polar surface area (TPSA) is 79.5 Å². The van der Waals surface area contributed by atoms with E-state index in [0.717, 1.165) is 29.4 Å². The molecule has 1 atom stereocenters. The van der Waals surface area contributed by atoms with E-state index in [1.807, 2.05) is 41.3 Å². The minimum Gasteiger partial charge on any atom is -0.451 e. The maximum absolute atomic E-state index is 12.7. The summed E-state index contributed by atoms with van der Waals surface area (Å²) in [6.45, 7) is 2.90. The van der Waals surface area contributed by atoms with Gasteiger partial charge in [-0.2, -0.15) is 0 Å². The summed E-state index contributed by atoms with van der Waals surface area (Å²) in [7, 11) is 0. The van der Waals surface area contributed by atoms with E-state index in [1.54, 1.807) is 25.3 Å². The van der Waals surface area contributed by atoms with Gasteiger partial charge in [0.1, 0.15) is 0 Å². The fourth-order valence-corrected chi connectivity index (χ4v) is 3.61. The summed E-state index contributed by atoms with van der Waals surface area (Å²) in [6.07, 6.45) is 2.24. The number of hydrogen-bond donors (Lipinski definition) is 1. The van der Waals surface area contributed by atoms with E-state index in [0.29, 0.717) is 24.1 Å². The quantitative estimate of drug-likeness (QED) is 0.514. The number of nitrogens with zero attached hydrogens (tertiary/aromatic N) is 1. The van der Waals surface area contributed by atoms with Gasteiger partial charge in [-0.15, -0.1) is 0 Å². The first-order valence-corrected chi connectivity index (χ1v) is 9.71. The lowest BCUT2D eigenvalue weighted by atomic mass is 10.1. The molecule has 1 saturated heterocycles. The Morgan fingerprint density at radius 3 is 2.62 bits per heavy atom. The predicted octanol–water partition coefficient (Wildman–Crippen LogP) is 3.72. The number of rotatable bonds is 6. The fraction of sp³-hybridized carbons (Fsp3) is 0.261. The third-order valence-corrected chi connectivity index (χ3v) is 5.24. The Bertz CT molecular complexity index is 1070. The highest BCUT2D eigenvalue weighted by Crippen LogP contribution is 2.21. The predicted molar refractivity (Wildman–Crippen MR) is 109 cm³/mol. The molecule has 0 radical (unpaired) electrons. The van der Waals surface area contributed by atoms with Crippen molar-refractivity contribution in [2.24, 2.45) is 0 Å². The second kappa shape index (κ2) is 7.91. The minimum absolute atomic E-state index is 0.165. The third kappa shape index (κ3) is 3.92. The largest absolute Gasteiger partial charge is 0.451 e. The molecule has 0 saturated carbocycles. The smallest absolute Gasteiger partial charge is 0.338 e. The van der Waals surface area contributed by atoms with Crippen LogP contribution in [0.5, 0.6) is 0 Å². The van der Waals surface area contributed by atoms with Crippen molar-refractivity contribution in [2.75, 3.05) is 6.54 Å². The van der Waals surface area contributed by atoms with E-state index in [4.69, 9.17) is 4.74 Å². The second-order valence-corrected chi connectivity index (χ2v) is 7.28. The average molecular weight is 390 g/mol. The number of aromatic nitrogens is 1. The number of nitrogens with one attached hydrogen (secondary N) is 1. The van der Waals surface area contributed by atoms with Crippen LogP contribution in [0.25, 0.3) is 10.9 Å². The van der Waals surface area contributed by atoms with Crippen molar-refractivity contribution in [1.29, 1.82) is 0 Å². The van der Waals surface area contributed by atoms with Gasteiger partial charge in [0, 0.05) is 42.2 Å². The number of para-hydroxylation sites is 1. The molecule has 1 fully saturated rings. The third-order valence-electron chi connectivity index (χ3n) is 5.24. The molecule has 4 rings (SSSR count). The summed E-state index contributed by atoms with van der Waals surface area (Å²) in [5.41, 5.74) is 2.70. The Morgan fingerprint density at radius 1 is 1.14 bits per heavy atom. The highest BCUT2D eigenvalue weighted by molar-refractivity contribution is 6.10. The number of carbonyl (C=O) groups excluding carboxylic acids is 3. The van der Waals surface area contributed by atoms with Crippen LogP contribution in [0.2, 0.25) is 0 Å². The summed E-state index contributed by atoms with van der Waals surface area (Å²) in [5.74, 6) is -0.632. The highest BCUT2D eigenvalue weighted by Gasteiger charge is 2.23. The molecule has 0 bridgehead atoms. The van der Waals surface area contributed by atoms with Crippen LogP contribution in [0.15, 0.2) is 54.7 Å². The van der Waals surface area contributed by atoms with Gasteiger partial charge in [0.15, 0.2) is 6.10 Å². The molecule has 6 heteroatoms. The Morgan fingerprint density at radius 2 is 1.90 bits per heavy atom. The zero-order valence-electron chi connectivity index (χ0n) is 16.2. The molecule has 2 aromatic carbocycles. The fourth-order valence-electron chi connectivity index (χ4n) is 3.61. The van der Waals surface area contributed by atoms with Crippen LogP contribution in [-0.4, -0.2) is 40.2 Å². The monoisotopic (exact) mass is 390 g/mol. The van der Waals surface area contributed by atoms with Crippen LogP contribution in [0.3, 0.4) is 0 Å². The van der Waals surface area contributed by atoms with E-state index >= 15 is 0 Å². The summed E-state index contributed by atoms with van der Waals surface area (Å²) in [6, 6.07) is 14.5. The van der Waals surface area contributed by atoms with Gasteiger partial charge < -0.3 is 14.6 Å². The Balaban J connectivity index is 1.40. The SMILES string of the molecule is CC(OC(=O)c1ccc(CN2CCCC2=O)cc1)C(=O)c1c[nH]c2ccccc12. The van der Waals surface area contributed by atoms with Crippen molar-refractivity contribution < 1.29 is 19.1 Å². The molecule has 148 valence electrons. The lowest BCUT2D eigenvalue weighted by Crippen LogP contribution is -2.25. The van der Waals surface area contributed by atoms with Crippen LogP contribution in [-0.2, 0) is 16.1 Å². The molecule has 6 nitrogen and oxygen atoms in total. The summed E-state index contributed by atoms with van der Waals surface area (Å²) < 4.78 is 5.39. The number of carbonyl (C=O) groups is 3. The Labute approximate surface area is 168 Å². The van der Waals surface area contributed by atoms with E-state index in [-0.39, 0.29) is 11.7 Å². The molecule has 1 N–H and O–H groups in total. The molecule has 3 aromatic rings. The maximum atomic E-state index is 12.7. The van der Waals surface area contributed by atoms with Crippen LogP contribution in [0.1, 0.15) is 46.0 Å². The highest BCUT2D eigenvalue weighted by atomic mass is 16.5. The van der Waals surface area contributed by atoms with E-state index in [9.17, 15) is 14.4 Å². The number of amides is 1. The Kier molecular flexibility index (Phi) is 5.16. The summed E-state index contributed by atoms with van der Waals surface area (Å²) in [4.78, 5) is 41.8. The normalized spacial score (nSPS) is 14.9. The van der Waals surface area contributed by atoms with Crippen molar-refractivity contribution in [1.82, 2.24) is 9.88 Å². The minimum atomic E-state index is -0.899. The molecule has 1 amide bonds. The van der Waals surface area contributed by atoms with Gasteiger partial charge in [-0.1, -0.05) is 30.3 Å². The molecular formula is C23H22N2O4. The molecule has 2 heterocycles. The Hall–Kier alpha value is -3.41. The van der Waals surface area contributed by atoms with Gasteiger partial charge in [-0.05, 0) is 37.1 Å².